The summed E-state index contributed by atoms with van der Waals surface area (Å²) in [6, 6.07) is 2.50. The molecule has 0 aromatic carbocycles. The van der Waals surface area contributed by atoms with Gasteiger partial charge in [-0.15, -0.1) is 0 Å². The van der Waals surface area contributed by atoms with Crippen molar-refractivity contribution in [2.75, 3.05) is 6.61 Å². The minimum absolute atomic E-state index is 0.0957. The first-order valence-corrected chi connectivity index (χ1v) is 6.21. The summed E-state index contributed by atoms with van der Waals surface area (Å²) in [5.74, 6) is -2.23. The van der Waals surface area contributed by atoms with Crippen molar-refractivity contribution in [1.29, 1.82) is 0 Å². The Bertz CT molecular complexity index is 412. The van der Waals surface area contributed by atoms with Crippen molar-refractivity contribution in [3.63, 3.8) is 0 Å². The monoisotopic (exact) mass is 270 g/mol. The van der Waals surface area contributed by atoms with Gasteiger partial charge in [0.2, 0.25) is 11.5 Å². The topological polar surface area (TPSA) is 76.7 Å². The lowest BCUT2D eigenvalue weighted by Crippen LogP contribution is -2.18. The molecule has 0 aliphatic carbocycles. The molecule has 108 valence electrons. The lowest BCUT2D eigenvalue weighted by molar-refractivity contribution is 0.0328. The van der Waals surface area contributed by atoms with Crippen LogP contribution in [-0.2, 0) is 4.74 Å². The molecule has 0 unspecified atom stereocenters. The van der Waals surface area contributed by atoms with Crippen LogP contribution in [0, 0.1) is 5.41 Å². The van der Waals surface area contributed by atoms with E-state index in [9.17, 15) is 9.59 Å². The summed E-state index contributed by atoms with van der Waals surface area (Å²) in [6.45, 7) is 10.3. The standard InChI is InChI=1S/C11H14O5.C3H8/c1-11(2,3)6-15-10(14)8-5-4-7(16-8)9(12)13;1-3-2/h4-5H,6H2,1-3H3,(H,12,13);3H2,1-2H3. The number of hydrogen-bond donors (Lipinski definition) is 1. The van der Waals surface area contributed by atoms with E-state index in [1.165, 1.54) is 18.6 Å². The summed E-state index contributed by atoms with van der Waals surface area (Å²) in [6.07, 6.45) is 1.25. The minimum Gasteiger partial charge on any atom is -0.475 e. The lowest BCUT2D eigenvalue weighted by Gasteiger charge is -2.16. The van der Waals surface area contributed by atoms with Crippen LogP contribution in [0.3, 0.4) is 0 Å². The van der Waals surface area contributed by atoms with Gasteiger partial charge in [0.1, 0.15) is 0 Å². The molecule has 1 N–H and O–H groups in total. The van der Waals surface area contributed by atoms with E-state index in [0.29, 0.717) is 0 Å². The van der Waals surface area contributed by atoms with E-state index in [2.05, 4.69) is 13.8 Å². The Morgan fingerprint density at radius 1 is 1.21 bits per heavy atom. The minimum atomic E-state index is -1.21. The van der Waals surface area contributed by atoms with Crippen LogP contribution in [0.15, 0.2) is 16.5 Å². The number of carbonyl (C=O) groups excluding carboxylic acids is 1. The molecule has 5 nitrogen and oxygen atoms in total. The summed E-state index contributed by atoms with van der Waals surface area (Å²) in [7, 11) is 0. The maximum atomic E-state index is 11.4. The number of carboxylic acid groups (broad SMARTS) is 1. The number of aromatic carboxylic acids is 1. The van der Waals surface area contributed by atoms with E-state index in [0.717, 1.165) is 0 Å². The second kappa shape index (κ2) is 7.61. The highest BCUT2D eigenvalue weighted by Crippen LogP contribution is 2.15. The van der Waals surface area contributed by atoms with Gasteiger partial charge < -0.3 is 14.3 Å². The van der Waals surface area contributed by atoms with Crippen LogP contribution in [0.5, 0.6) is 0 Å². The van der Waals surface area contributed by atoms with E-state index in [1.54, 1.807) is 0 Å². The summed E-state index contributed by atoms with van der Waals surface area (Å²) >= 11 is 0. The van der Waals surface area contributed by atoms with Crippen molar-refractivity contribution in [1.82, 2.24) is 0 Å². The van der Waals surface area contributed by atoms with Crippen LogP contribution >= 0.6 is 0 Å². The number of furan rings is 1. The van der Waals surface area contributed by atoms with Gasteiger partial charge >= 0.3 is 11.9 Å². The van der Waals surface area contributed by atoms with Gasteiger partial charge in [-0.3, -0.25) is 0 Å². The fourth-order valence-corrected chi connectivity index (χ4v) is 0.916. The average Bonchev–Trinajstić information content (AvgIpc) is 2.75. The number of ether oxygens (including phenoxy) is 1. The number of esters is 1. The molecule has 0 amide bonds. The van der Waals surface area contributed by atoms with Crippen molar-refractivity contribution in [3.05, 3.63) is 23.7 Å². The first-order valence-electron chi connectivity index (χ1n) is 6.21. The molecular weight excluding hydrogens is 248 g/mol. The summed E-state index contributed by atoms with van der Waals surface area (Å²) in [5, 5.41) is 8.59. The third-order valence-electron chi connectivity index (χ3n) is 1.65. The van der Waals surface area contributed by atoms with Gasteiger partial charge in [-0.05, 0) is 17.5 Å². The molecule has 0 aliphatic rings. The van der Waals surface area contributed by atoms with Crippen molar-refractivity contribution in [3.8, 4) is 0 Å². The maximum absolute atomic E-state index is 11.4. The number of hydrogen-bond acceptors (Lipinski definition) is 4. The molecule has 0 bridgehead atoms. The SMILES string of the molecule is CC(C)(C)COC(=O)c1ccc(C(=O)O)o1.CCC. The van der Waals surface area contributed by atoms with Gasteiger partial charge in [0.25, 0.3) is 0 Å². The van der Waals surface area contributed by atoms with E-state index in [1.807, 2.05) is 20.8 Å². The first kappa shape index (κ1) is 17.2. The molecule has 0 radical (unpaired) electrons. The molecule has 1 heterocycles. The molecule has 5 heteroatoms. The summed E-state index contributed by atoms with van der Waals surface area (Å²) in [5.41, 5.74) is -0.141. The quantitative estimate of drug-likeness (QED) is 0.849. The number of carboxylic acids is 1. The van der Waals surface area contributed by atoms with Crippen LogP contribution in [0.2, 0.25) is 0 Å². The van der Waals surface area contributed by atoms with Gasteiger partial charge in [0, 0.05) is 0 Å². The zero-order chi connectivity index (χ0) is 15.1. The van der Waals surface area contributed by atoms with Crippen molar-refractivity contribution in [2.24, 2.45) is 5.41 Å². The highest BCUT2D eigenvalue weighted by molar-refractivity contribution is 5.90. The highest BCUT2D eigenvalue weighted by atomic mass is 16.5. The summed E-state index contributed by atoms with van der Waals surface area (Å²) in [4.78, 5) is 21.9. The van der Waals surface area contributed by atoms with Crippen LogP contribution in [0.4, 0.5) is 0 Å². The van der Waals surface area contributed by atoms with Gasteiger partial charge in [0.05, 0.1) is 6.61 Å². The molecule has 19 heavy (non-hydrogen) atoms. The molecular formula is C14H22O5. The van der Waals surface area contributed by atoms with E-state index >= 15 is 0 Å². The normalized spacial score (nSPS) is 10.4. The molecule has 0 aliphatic heterocycles. The molecule has 1 rings (SSSR count). The van der Waals surface area contributed by atoms with Gasteiger partial charge in [0.15, 0.2) is 0 Å². The Hall–Kier alpha value is -1.78. The first-order chi connectivity index (χ1) is 8.71. The highest BCUT2D eigenvalue weighted by Gasteiger charge is 2.19. The van der Waals surface area contributed by atoms with E-state index in [-0.39, 0.29) is 23.5 Å². The Kier molecular flexibility index (Phi) is 6.90. The predicted octanol–water partition coefficient (Wildman–Crippen LogP) is 3.60. The second-order valence-corrected chi connectivity index (χ2v) is 5.31. The molecule has 0 atom stereocenters. The molecule has 1 aromatic rings. The van der Waals surface area contributed by atoms with Crippen LogP contribution in [0.25, 0.3) is 0 Å². The van der Waals surface area contributed by atoms with Gasteiger partial charge in [-0.1, -0.05) is 41.0 Å². The predicted molar refractivity (Wildman–Crippen MR) is 71.4 cm³/mol. The van der Waals surface area contributed by atoms with Gasteiger partial charge in [-0.25, -0.2) is 9.59 Å². The van der Waals surface area contributed by atoms with Crippen molar-refractivity contribution >= 4 is 11.9 Å². The molecule has 0 fully saturated rings. The maximum Gasteiger partial charge on any atom is 0.374 e. The Balaban J connectivity index is 0.000000982. The second-order valence-electron chi connectivity index (χ2n) is 5.31. The van der Waals surface area contributed by atoms with E-state index in [4.69, 9.17) is 14.3 Å². The largest absolute Gasteiger partial charge is 0.475 e. The third-order valence-corrected chi connectivity index (χ3v) is 1.65. The lowest BCUT2D eigenvalue weighted by atomic mass is 9.99. The third kappa shape index (κ3) is 7.28. The molecule has 0 saturated carbocycles. The van der Waals surface area contributed by atoms with Gasteiger partial charge in [-0.2, -0.15) is 0 Å². The fourth-order valence-electron chi connectivity index (χ4n) is 0.916. The number of carbonyl (C=O) groups is 2. The zero-order valence-corrected chi connectivity index (χ0v) is 12.1. The van der Waals surface area contributed by atoms with Crippen molar-refractivity contribution in [2.45, 2.75) is 41.0 Å². The fraction of sp³-hybridized carbons (Fsp3) is 0.571. The Morgan fingerprint density at radius 3 is 2.05 bits per heavy atom. The molecule has 1 aromatic heterocycles. The smallest absolute Gasteiger partial charge is 0.374 e. The number of rotatable bonds is 3. The molecule has 0 saturated heterocycles. The van der Waals surface area contributed by atoms with Crippen molar-refractivity contribution < 1.29 is 23.8 Å². The van der Waals surface area contributed by atoms with Crippen LogP contribution < -0.4 is 0 Å². The average molecular weight is 270 g/mol. The Labute approximate surface area is 113 Å². The van der Waals surface area contributed by atoms with E-state index < -0.39 is 11.9 Å². The molecule has 0 spiro atoms. The summed E-state index contributed by atoms with van der Waals surface area (Å²) < 4.78 is 9.76. The van der Waals surface area contributed by atoms with Crippen LogP contribution in [-0.4, -0.2) is 23.7 Å². The zero-order valence-electron chi connectivity index (χ0n) is 12.1. The Morgan fingerprint density at radius 2 is 1.68 bits per heavy atom. The van der Waals surface area contributed by atoms with Crippen LogP contribution in [0.1, 0.15) is 62.1 Å².